The van der Waals surface area contributed by atoms with Crippen LogP contribution in [0.5, 0.6) is 0 Å². The summed E-state index contributed by atoms with van der Waals surface area (Å²) in [5.74, 6) is -1.04. The topological polar surface area (TPSA) is 72.2 Å². The van der Waals surface area contributed by atoms with Crippen molar-refractivity contribution in [2.24, 2.45) is 0 Å². The molecule has 1 aromatic heterocycles. The van der Waals surface area contributed by atoms with Gasteiger partial charge in [0.15, 0.2) is 0 Å². The first-order chi connectivity index (χ1) is 14.4. The summed E-state index contributed by atoms with van der Waals surface area (Å²) >= 11 is 0. The van der Waals surface area contributed by atoms with E-state index in [1.165, 1.54) is 22.8 Å². The normalized spacial score (nSPS) is 11.3. The summed E-state index contributed by atoms with van der Waals surface area (Å²) in [5, 5.41) is 9.74. The molecule has 4 aromatic rings. The summed E-state index contributed by atoms with van der Waals surface area (Å²) in [6.07, 6.45) is 3.40. The molecule has 0 aliphatic carbocycles. The molecule has 0 aliphatic rings. The van der Waals surface area contributed by atoms with Gasteiger partial charge in [-0.3, -0.25) is 9.36 Å². The molecule has 3 aromatic carbocycles. The van der Waals surface area contributed by atoms with Crippen LogP contribution in [-0.2, 0) is 0 Å². The first-order valence-corrected chi connectivity index (χ1v) is 9.24. The van der Waals surface area contributed by atoms with E-state index in [0.29, 0.717) is 28.0 Å². The Morgan fingerprint density at radius 3 is 2.60 bits per heavy atom. The highest BCUT2D eigenvalue weighted by atomic mass is 19.1. The molecule has 0 amide bonds. The Morgan fingerprint density at radius 1 is 1.03 bits per heavy atom. The number of carboxylic acids is 1. The van der Waals surface area contributed by atoms with Gasteiger partial charge >= 0.3 is 5.97 Å². The molecule has 6 heteroatoms. The van der Waals surface area contributed by atoms with Gasteiger partial charge in [-0.2, -0.15) is 0 Å². The van der Waals surface area contributed by atoms with Gasteiger partial charge < -0.3 is 5.11 Å². The zero-order valence-corrected chi connectivity index (χ0v) is 16.0. The lowest BCUT2D eigenvalue weighted by Gasteiger charge is -2.12. The third kappa shape index (κ3) is 3.63. The Morgan fingerprint density at radius 2 is 1.83 bits per heavy atom. The van der Waals surface area contributed by atoms with Crippen molar-refractivity contribution in [1.29, 1.82) is 0 Å². The van der Waals surface area contributed by atoms with Crippen molar-refractivity contribution in [3.8, 4) is 5.69 Å². The zero-order chi connectivity index (χ0) is 21.3. The number of aryl methyl sites for hydroxylation is 1. The summed E-state index contributed by atoms with van der Waals surface area (Å²) in [6, 6.07) is 17.8. The van der Waals surface area contributed by atoms with Gasteiger partial charge in [0.2, 0.25) is 0 Å². The highest BCUT2D eigenvalue weighted by Gasteiger charge is 2.13. The van der Waals surface area contributed by atoms with Crippen molar-refractivity contribution in [3.05, 3.63) is 105 Å². The van der Waals surface area contributed by atoms with Crippen molar-refractivity contribution in [2.75, 3.05) is 0 Å². The zero-order valence-electron chi connectivity index (χ0n) is 16.0. The molecule has 148 valence electrons. The smallest absolute Gasteiger partial charge is 0.335 e. The summed E-state index contributed by atoms with van der Waals surface area (Å²) in [6.45, 7) is 1.67. The van der Waals surface area contributed by atoms with Crippen LogP contribution in [-0.4, -0.2) is 20.6 Å². The van der Waals surface area contributed by atoms with E-state index in [-0.39, 0.29) is 16.9 Å². The number of hydrogen-bond acceptors (Lipinski definition) is 3. The largest absolute Gasteiger partial charge is 0.478 e. The summed E-state index contributed by atoms with van der Waals surface area (Å²) in [5.41, 5.74) is 1.95. The number of nitrogens with zero attached hydrogens (tertiary/aromatic N) is 2. The molecule has 0 spiro atoms. The van der Waals surface area contributed by atoms with Crippen LogP contribution in [0, 0.1) is 12.7 Å². The van der Waals surface area contributed by atoms with Crippen LogP contribution in [0.4, 0.5) is 4.39 Å². The molecule has 0 radical (unpaired) electrons. The van der Waals surface area contributed by atoms with E-state index in [4.69, 9.17) is 0 Å². The molecule has 1 heterocycles. The van der Waals surface area contributed by atoms with Gasteiger partial charge in [0.1, 0.15) is 11.6 Å². The van der Waals surface area contributed by atoms with E-state index in [1.807, 2.05) is 0 Å². The van der Waals surface area contributed by atoms with Crippen LogP contribution in [0.25, 0.3) is 28.7 Å². The maximum atomic E-state index is 13.5. The fourth-order valence-corrected chi connectivity index (χ4v) is 3.23. The van der Waals surface area contributed by atoms with Gasteiger partial charge in [-0.05, 0) is 66.6 Å². The Balaban J connectivity index is 1.93. The Labute approximate surface area is 171 Å². The minimum absolute atomic E-state index is 0.0663. The Bertz CT molecular complexity index is 1370. The lowest BCUT2D eigenvalue weighted by molar-refractivity contribution is 0.0697. The number of fused-ring (bicyclic) bond motifs is 1. The van der Waals surface area contributed by atoms with Crippen LogP contribution in [0.15, 0.2) is 71.5 Å². The predicted octanol–water partition coefficient (Wildman–Crippen LogP) is 4.70. The number of carbonyl (C=O) groups is 1. The number of aromatic carboxylic acids is 1. The van der Waals surface area contributed by atoms with Crippen molar-refractivity contribution < 1.29 is 14.3 Å². The molecule has 30 heavy (non-hydrogen) atoms. The van der Waals surface area contributed by atoms with Crippen LogP contribution in [0.1, 0.15) is 27.3 Å². The fraction of sp³-hybridized carbons (Fsp3) is 0.0417. The van der Waals surface area contributed by atoms with Crippen LogP contribution >= 0.6 is 0 Å². The SMILES string of the molecule is Cc1cc(/C=C/c2nc3ccccc3c(=O)n2-c2cccc(C(=O)O)c2)ccc1F. The van der Waals surface area contributed by atoms with Crippen LogP contribution < -0.4 is 5.56 Å². The van der Waals surface area contributed by atoms with E-state index in [0.717, 1.165) is 5.56 Å². The lowest BCUT2D eigenvalue weighted by Crippen LogP contribution is -2.22. The predicted molar refractivity (Wildman–Crippen MR) is 114 cm³/mol. The van der Waals surface area contributed by atoms with Gasteiger partial charge in [-0.1, -0.05) is 30.3 Å². The van der Waals surface area contributed by atoms with Gasteiger partial charge in [-0.25, -0.2) is 14.2 Å². The number of carboxylic acid groups (broad SMARTS) is 1. The number of hydrogen-bond donors (Lipinski definition) is 1. The molecule has 0 saturated heterocycles. The molecular formula is C24H17FN2O3. The molecule has 4 rings (SSSR count). The molecule has 0 bridgehead atoms. The van der Waals surface area contributed by atoms with Crippen molar-refractivity contribution >= 4 is 29.0 Å². The van der Waals surface area contributed by atoms with Crippen LogP contribution in [0.3, 0.4) is 0 Å². The molecule has 1 N–H and O–H groups in total. The Kier molecular flexibility index (Phi) is 4.98. The summed E-state index contributed by atoms with van der Waals surface area (Å²) < 4.78 is 14.9. The summed E-state index contributed by atoms with van der Waals surface area (Å²) in [4.78, 5) is 29.2. The maximum Gasteiger partial charge on any atom is 0.335 e. The first kappa shape index (κ1) is 19.3. The second-order valence-electron chi connectivity index (χ2n) is 6.83. The average Bonchev–Trinajstić information content (AvgIpc) is 2.75. The van der Waals surface area contributed by atoms with Crippen molar-refractivity contribution in [1.82, 2.24) is 9.55 Å². The van der Waals surface area contributed by atoms with Gasteiger partial charge in [0, 0.05) is 0 Å². The van der Waals surface area contributed by atoms with Gasteiger partial charge in [0.05, 0.1) is 22.2 Å². The van der Waals surface area contributed by atoms with Crippen molar-refractivity contribution in [2.45, 2.75) is 6.92 Å². The highest BCUT2D eigenvalue weighted by molar-refractivity contribution is 5.88. The standard InChI is InChI=1S/C24H17FN2O3/c1-15-13-16(9-11-20(15)25)10-12-22-26-21-8-3-2-7-19(21)23(28)27(22)18-6-4-5-17(14-18)24(29)30/h2-14H,1H3,(H,29,30)/b12-10+. The third-order valence-electron chi connectivity index (χ3n) is 4.76. The number of benzene rings is 3. The molecule has 0 fully saturated rings. The molecular weight excluding hydrogens is 383 g/mol. The quantitative estimate of drug-likeness (QED) is 0.539. The second-order valence-corrected chi connectivity index (χ2v) is 6.83. The number of halogens is 1. The molecule has 0 saturated carbocycles. The number of para-hydroxylation sites is 1. The minimum atomic E-state index is -1.09. The minimum Gasteiger partial charge on any atom is -0.478 e. The third-order valence-corrected chi connectivity index (χ3v) is 4.76. The van der Waals surface area contributed by atoms with E-state index in [9.17, 15) is 19.1 Å². The van der Waals surface area contributed by atoms with Crippen molar-refractivity contribution in [3.63, 3.8) is 0 Å². The fourth-order valence-electron chi connectivity index (χ4n) is 3.23. The van der Waals surface area contributed by atoms with E-state index >= 15 is 0 Å². The van der Waals surface area contributed by atoms with E-state index < -0.39 is 5.97 Å². The monoisotopic (exact) mass is 400 g/mol. The highest BCUT2D eigenvalue weighted by Crippen LogP contribution is 2.17. The van der Waals surface area contributed by atoms with E-state index in [2.05, 4.69) is 4.98 Å². The number of rotatable bonds is 4. The van der Waals surface area contributed by atoms with Gasteiger partial charge in [-0.15, -0.1) is 0 Å². The second kappa shape index (κ2) is 7.75. The van der Waals surface area contributed by atoms with E-state index in [1.54, 1.807) is 67.6 Å². The Hall–Kier alpha value is -4.06. The maximum absolute atomic E-state index is 13.5. The lowest BCUT2D eigenvalue weighted by atomic mass is 10.1. The molecule has 5 nitrogen and oxygen atoms in total. The van der Waals surface area contributed by atoms with Crippen LogP contribution in [0.2, 0.25) is 0 Å². The average molecular weight is 400 g/mol. The number of aromatic nitrogens is 2. The molecule has 0 atom stereocenters. The molecule has 0 aliphatic heterocycles. The first-order valence-electron chi connectivity index (χ1n) is 9.24. The summed E-state index contributed by atoms with van der Waals surface area (Å²) in [7, 11) is 0. The molecule has 0 unspecified atom stereocenters. The van der Waals surface area contributed by atoms with Gasteiger partial charge in [0.25, 0.3) is 5.56 Å².